The maximum Gasteiger partial charge on any atom is 0.378 e. The first-order chi connectivity index (χ1) is 15.3. The SMILES string of the molecule is OCCC(F)(F)C(F)(F)C(F)(F)C(F)(F)CCOc1ccc2cc(-c3ccccc3)sc2c1. The Morgan fingerprint density at radius 3 is 1.97 bits per heavy atom. The second-order valence-electron chi connectivity index (χ2n) is 7.31. The van der Waals surface area contributed by atoms with Crippen molar-refractivity contribution in [2.24, 2.45) is 0 Å². The summed E-state index contributed by atoms with van der Waals surface area (Å²) in [6, 6.07) is 15.7. The first-order valence-electron chi connectivity index (χ1n) is 9.66. The Morgan fingerprint density at radius 2 is 1.36 bits per heavy atom. The maximum atomic E-state index is 13.9. The van der Waals surface area contributed by atoms with Gasteiger partial charge in [-0.3, -0.25) is 0 Å². The van der Waals surface area contributed by atoms with Crippen molar-refractivity contribution in [2.45, 2.75) is 36.5 Å². The molecule has 0 aliphatic rings. The van der Waals surface area contributed by atoms with Crippen LogP contribution < -0.4 is 4.74 Å². The van der Waals surface area contributed by atoms with E-state index < -0.39 is 49.7 Å². The van der Waals surface area contributed by atoms with Gasteiger partial charge in [0.25, 0.3) is 0 Å². The largest absolute Gasteiger partial charge is 0.493 e. The van der Waals surface area contributed by atoms with Crippen molar-refractivity contribution in [3.63, 3.8) is 0 Å². The number of benzene rings is 2. The normalized spacial score (nSPS) is 13.5. The van der Waals surface area contributed by atoms with Crippen LogP contribution in [0.5, 0.6) is 5.75 Å². The van der Waals surface area contributed by atoms with Crippen LogP contribution in [0.1, 0.15) is 12.8 Å². The summed E-state index contributed by atoms with van der Waals surface area (Å²) < 4.78 is 115. The lowest BCUT2D eigenvalue weighted by molar-refractivity contribution is -0.368. The average molecular weight is 498 g/mol. The Hall–Kier alpha value is -2.40. The molecule has 0 saturated heterocycles. The number of ether oxygens (including phenoxy) is 1. The number of rotatable bonds is 10. The van der Waals surface area contributed by atoms with E-state index in [0.717, 1.165) is 15.8 Å². The van der Waals surface area contributed by atoms with E-state index in [-0.39, 0.29) is 5.75 Å². The molecule has 1 aromatic heterocycles. The minimum absolute atomic E-state index is 0.0282. The van der Waals surface area contributed by atoms with Gasteiger partial charge in [0.15, 0.2) is 0 Å². The molecule has 0 fully saturated rings. The van der Waals surface area contributed by atoms with Crippen LogP contribution in [-0.4, -0.2) is 42.0 Å². The molecule has 0 radical (unpaired) electrons. The van der Waals surface area contributed by atoms with Crippen molar-refractivity contribution < 1.29 is 45.0 Å². The third-order valence-corrected chi connectivity index (χ3v) is 6.12. The summed E-state index contributed by atoms with van der Waals surface area (Å²) in [4.78, 5) is 0.917. The Balaban J connectivity index is 1.70. The number of aliphatic hydroxyl groups is 1. The molecule has 180 valence electrons. The van der Waals surface area contributed by atoms with Gasteiger partial charge in [0, 0.05) is 22.6 Å². The highest BCUT2D eigenvalue weighted by Gasteiger charge is 2.79. The van der Waals surface area contributed by atoms with Gasteiger partial charge >= 0.3 is 23.7 Å². The van der Waals surface area contributed by atoms with Gasteiger partial charge in [0.05, 0.1) is 13.0 Å². The third-order valence-electron chi connectivity index (χ3n) is 4.97. The number of fused-ring (bicyclic) bond motifs is 1. The van der Waals surface area contributed by atoms with E-state index in [9.17, 15) is 35.1 Å². The highest BCUT2D eigenvalue weighted by molar-refractivity contribution is 7.22. The van der Waals surface area contributed by atoms with E-state index in [0.29, 0.717) is 4.70 Å². The predicted molar refractivity (Wildman–Crippen MR) is 109 cm³/mol. The fourth-order valence-corrected chi connectivity index (χ4v) is 4.15. The van der Waals surface area contributed by atoms with Gasteiger partial charge in [-0.15, -0.1) is 11.3 Å². The van der Waals surface area contributed by atoms with Gasteiger partial charge in [0.2, 0.25) is 0 Å². The van der Waals surface area contributed by atoms with Gasteiger partial charge in [-0.1, -0.05) is 30.3 Å². The van der Waals surface area contributed by atoms with E-state index >= 15 is 0 Å². The molecule has 2 aromatic carbocycles. The highest BCUT2D eigenvalue weighted by atomic mass is 32.1. The van der Waals surface area contributed by atoms with E-state index in [4.69, 9.17) is 9.84 Å². The first-order valence-corrected chi connectivity index (χ1v) is 10.5. The van der Waals surface area contributed by atoms with Crippen molar-refractivity contribution in [3.05, 3.63) is 54.6 Å². The average Bonchev–Trinajstić information content (AvgIpc) is 3.17. The second kappa shape index (κ2) is 9.09. The zero-order chi connectivity index (χ0) is 24.5. The van der Waals surface area contributed by atoms with Crippen LogP contribution >= 0.6 is 11.3 Å². The summed E-state index contributed by atoms with van der Waals surface area (Å²) in [7, 11) is 0. The minimum Gasteiger partial charge on any atom is -0.493 e. The number of aliphatic hydroxyl groups excluding tert-OH is 1. The molecule has 0 spiro atoms. The molecular formula is C22H18F8O2S. The Morgan fingerprint density at radius 1 is 0.758 bits per heavy atom. The molecule has 0 aliphatic carbocycles. The molecule has 3 rings (SSSR count). The van der Waals surface area contributed by atoms with Gasteiger partial charge in [0.1, 0.15) is 5.75 Å². The molecule has 0 bridgehead atoms. The van der Waals surface area contributed by atoms with Gasteiger partial charge < -0.3 is 9.84 Å². The van der Waals surface area contributed by atoms with Crippen LogP contribution in [0, 0.1) is 0 Å². The molecule has 11 heteroatoms. The third kappa shape index (κ3) is 4.79. The van der Waals surface area contributed by atoms with Crippen molar-refractivity contribution in [1.82, 2.24) is 0 Å². The Kier molecular flexibility index (Phi) is 6.95. The van der Waals surface area contributed by atoms with Gasteiger partial charge in [-0.25, -0.2) is 0 Å². The van der Waals surface area contributed by atoms with Crippen molar-refractivity contribution in [1.29, 1.82) is 0 Å². The highest BCUT2D eigenvalue weighted by Crippen LogP contribution is 2.54. The number of alkyl halides is 8. The summed E-state index contributed by atoms with van der Waals surface area (Å²) in [6.45, 7) is -2.70. The van der Waals surface area contributed by atoms with Crippen molar-refractivity contribution in [3.8, 4) is 16.2 Å². The summed E-state index contributed by atoms with van der Waals surface area (Å²) in [6.07, 6.45) is -4.02. The summed E-state index contributed by atoms with van der Waals surface area (Å²) in [5.41, 5.74) is 0.946. The lowest BCUT2D eigenvalue weighted by atomic mass is 9.95. The molecule has 1 N–H and O–H groups in total. The molecule has 0 aliphatic heterocycles. The summed E-state index contributed by atoms with van der Waals surface area (Å²) in [5, 5.41) is 9.19. The summed E-state index contributed by atoms with van der Waals surface area (Å²) in [5.74, 6) is -23.8. The topological polar surface area (TPSA) is 29.5 Å². The molecule has 0 unspecified atom stereocenters. The molecule has 2 nitrogen and oxygen atoms in total. The van der Waals surface area contributed by atoms with Crippen LogP contribution in [-0.2, 0) is 0 Å². The Labute approximate surface area is 187 Å². The fourth-order valence-electron chi connectivity index (χ4n) is 3.06. The maximum absolute atomic E-state index is 13.9. The lowest BCUT2D eigenvalue weighted by Crippen LogP contribution is -2.62. The second-order valence-corrected chi connectivity index (χ2v) is 8.39. The molecule has 3 aromatic rings. The van der Waals surface area contributed by atoms with E-state index in [1.54, 1.807) is 6.07 Å². The standard InChI is InChI=1S/C22H18F8O2S/c23-19(24,8-10-31)21(27,28)22(29,30)20(25,26)9-11-32-16-7-6-15-12-17(33-18(15)13-16)14-4-2-1-3-5-14/h1-7,12-13,31H,8-11H2. The first kappa shape index (κ1) is 25.2. The molecule has 33 heavy (non-hydrogen) atoms. The molecule has 0 saturated carbocycles. The number of halogens is 8. The van der Waals surface area contributed by atoms with Crippen LogP contribution in [0.25, 0.3) is 20.5 Å². The van der Waals surface area contributed by atoms with Crippen LogP contribution in [0.3, 0.4) is 0 Å². The van der Waals surface area contributed by atoms with E-state index in [2.05, 4.69) is 0 Å². The van der Waals surface area contributed by atoms with Crippen LogP contribution in [0.4, 0.5) is 35.1 Å². The number of hydrogen-bond acceptors (Lipinski definition) is 3. The van der Waals surface area contributed by atoms with Crippen molar-refractivity contribution in [2.75, 3.05) is 13.2 Å². The smallest absolute Gasteiger partial charge is 0.378 e. The lowest BCUT2D eigenvalue weighted by Gasteiger charge is -2.36. The number of thiophene rings is 1. The fraction of sp³-hybridized carbons (Fsp3) is 0.364. The van der Waals surface area contributed by atoms with E-state index in [1.807, 2.05) is 36.4 Å². The molecular weight excluding hydrogens is 480 g/mol. The monoisotopic (exact) mass is 498 g/mol. The van der Waals surface area contributed by atoms with Gasteiger partial charge in [-0.05, 0) is 35.2 Å². The number of hydrogen-bond donors (Lipinski definition) is 1. The minimum atomic E-state index is -6.38. The van der Waals surface area contributed by atoms with Crippen LogP contribution in [0.2, 0.25) is 0 Å². The predicted octanol–water partition coefficient (Wildman–Crippen LogP) is 7.26. The Bertz CT molecular complexity index is 1080. The zero-order valence-electron chi connectivity index (χ0n) is 16.8. The quantitative estimate of drug-likeness (QED) is 0.298. The zero-order valence-corrected chi connectivity index (χ0v) is 17.6. The molecule has 1 heterocycles. The van der Waals surface area contributed by atoms with Crippen molar-refractivity contribution >= 4 is 21.4 Å². The van der Waals surface area contributed by atoms with Gasteiger partial charge in [-0.2, -0.15) is 35.1 Å². The molecule has 0 amide bonds. The van der Waals surface area contributed by atoms with Crippen LogP contribution in [0.15, 0.2) is 54.6 Å². The molecule has 0 atom stereocenters. The van der Waals surface area contributed by atoms with E-state index in [1.165, 1.54) is 23.5 Å². The summed E-state index contributed by atoms with van der Waals surface area (Å²) >= 11 is 1.37.